The molecule has 1 aliphatic rings. The number of nitrogens with zero attached hydrogens (tertiary/aromatic N) is 1. The van der Waals surface area contributed by atoms with Gasteiger partial charge in [0, 0.05) is 5.02 Å². The smallest absolute Gasteiger partial charge is 0.335 e. The van der Waals surface area contributed by atoms with Gasteiger partial charge in [-0.3, -0.25) is 14.9 Å². The molecule has 0 radical (unpaired) electrons. The van der Waals surface area contributed by atoms with Gasteiger partial charge in [0.25, 0.3) is 11.8 Å². The number of carboxylic acids is 1. The fourth-order valence-electron chi connectivity index (χ4n) is 2.37. The third-order valence-corrected chi connectivity index (χ3v) is 3.91. The lowest BCUT2D eigenvalue weighted by atomic mass is 10.1. The summed E-state index contributed by atoms with van der Waals surface area (Å²) in [5, 5.41) is 11.4. The van der Waals surface area contributed by atoms with Crippen molar-refractivity contribution in [3.63, 3.8) is 0 Å². The summed E-state index contributed by atoms with van der Waals surface area (Å²) in [6.45, 7) is 0. The van der Waals surface area contributed by atoms with E-state index in [1.807, 2.05) is 0 Å². The monoisotopic (exact) mass is 370 g/mol. The summed E-state index contributed by atoms with van der Waals surface area (Å²) >= 11 is 5.81. The summed E-state index contributed by atoms with van der Waals surface area (Å²) in [4.78, 5) is 48.5. The molecule has 1 fully saturated rings. The van der Waals surface area contributed by atoms with E-state index in [2.05, 4.69) is 5.32 Å². The van der Waals surface area contributed by atoms with Crippen molar-refractivity contribution in [2.75, 3.05) is 4.90 Å². The largest absolute Gasteiger partial charge is 0.478 e. The molecular formula is C18H11ClN2O5. The Hall–Kier alpha value is -3.45. The predicted octanol–water partition coefficient (Wildman–Crippen LogP) is 2.70. The zero-order chi connectivity index (χ0) is 18.8. The molecule has 0 atom stereocenters. The fourth-order valence-corrected chi connectivity index (χ4v) is 2.50. The van der Waals surface area contributed by atoms with Gasteiger partial charge in [0.15, 0.2) is 0 Å². The number of barbiturate groups is 1. The highest BCUT2D eigenvalue weighted by molar-refractivity contribution is 6.39. The second kappa shape index (κ2) is 6.81. The highest BCUT2D eigenvalue weighted by Gasteiger charge is 2.36. The Morgan fingerprint density at radius 2 is 1.62 bits per heavy atom. The SMILES string of the molecule is O=C1NC(=O)N(c2ccc(Cl)cc2)C(=O)/C1=C/c1ccc(C(=O)O)cc1. The molecule has 0 saturated carbocycles. The number of urea groups is 1. The van der Waals surface area contributed by atoms with Gasteiger partial charge in [0.2, 0.25) is 0 Å². The van der Waals surface area contributed by atoms with Crippen molar-refractivity contribution in [1.82, 2.24) is 5.32 Å². The number of hydrogen-bond donors (Lipinski definition) is 2. The van der Waals surface area contributed by atoms with E-state index in [0.717, 1.165) is 4.90 Å². The van der Waals surface area contributed by atoms with Crippen molar-refractivity contribution in [2.45, 2.75) is 0 Å². The molecule has 2 aromatic carbocycles. The molecule has 4 amide bonds. The van der Waals surface area contributed by atoms with Gasteiger partial charge >= 0.3 is 12.0 Å². The normalized spacial score (nSPS) is 16.0. The maximum absolute atomic E-state index is 12.7. The third-order valence-electron chi connectivity index (χ3n) is 3.66. The molecule has 0 aromatic heterocycles. The molecule has 3 rings (SSSR count). The lowest BCUT2D eigenvalue weighted by Gasteiger charge is -2.26. The van der Waals surface area contributed by atoms with Crippen molar-refractivity contribution >= 4 is 47.2 Å². The Morgan fingerprint density at radius 3 is 2.19 bits per heavy atom. The average molecular weight is 371 g/mol. The van der Waals surface area contributed by atoms with Crippen LogP contribution >= 0.6 is 11.6 Å². The third kappa shape index (κ3) is 3.33. The number of imide groups is 2. The molecule has 0 spiro atoms. The van der Waals surface area contributed by atoms with Crippen LogP contribution in [0.25, 0.3) is 6.08 Å². The van der Waals surface area contributed by atoms with Crippen LogP contribution in [0.15, 0.2) is 54.1 Å². The average Bonchev–Trinajstić information content (AvgIpc) is 2.60. The van der Waals surface area contributed by atoms with E-state index in [1.165, 1.54) is 54.6 Å². The van der Waals surface area contributed by atoms with Crippen molar-refractivity contribution in [1.29, 1.82) is 0 Å². The van der Waals surface area contributed by atoms with Crippen LogP contribution in [0.2, 0.25) is 5.02 Å². The number of anilines is 1. The molecule has 1 aliphatic heterocycles. The Balaban J connectivity index is 1.96. The molecule has 0 bridgehead atoms. The first-order valence-corrected chi connectivity index (χ1v) is 7.75. The first-order chi connectivity index (χ1) is 12.4. The Bertz CT molecular complexity index is 949. The number of aromatic carboxylic acids is 1. The molecule has 130 valence electrons. The summed E-state index contributed by atoms with van der Waals surface area (Å²) in [6.07, 6.45) is 1.29. The molecule has 2 N–H and O–H groups in total. The number of carbonyl (C=O) groups is 4. The predicted molar refractivity (Wildman–Crippen MR) is 93.9 cm³/mol. The quantitative estimate of drug-likeness (QED) is 0.638. The van der Waals surface area contributed by atoms with Crippen molar-refractivity contribution in [3.05, 3.63) is 70.3 Å². The molecule has 0 aliphatic carbocycles. The van der Waals surface area contributed by atoms with Crippen LogP contribution in [-0.4, -0.2) is 28.9 Å². The maximum Gasteiger partial charge on any atom is 0.335 e. The standard InChI is InChI=1S/C18H11ClN2O5/c19-12-5-7-13(8-6-12)21-16(23)14(15(22)20-18(21)26)9-10-1-3-11(4-2-10)17(24)25/h1-9H,(H,24,25)(H,20,22,26)/b14-9+. The van der Waals surface area contributed by atoms with Crippen molar-refractivity contribution in [3.8, 4) is 0 Å². The maximum atomic E-state index is 12.7. The van der Waals surface area contributed by atoms with Gasteiger partial charge in [-0.25, -0.2) is 14.5 Å². The van der Waals surface area contributed by atoms with Crippen molar-refractivity contribution in [2.24, 2.45) is 0 Å². The minimum Gasteiger partial charge on any atom is -0.478 e. The van der Waals surface area contributed by atoms with Gasteiger partial charge in [-0.15, -0.1) is 0 Å². The van der Waals surface area contributed by atoms with E-state index in [4.69, 9.17) is 16.7 Å². The van der Waals surface area contributed by atoms with Crippen LogP contribution in [-0.2, 0) is 9.59 Å². The summed E-state index contributed by atoms with van der Waals surface area (Å²) in [6, 6.07) is 10.7. The van der Waals surface area contributed by atoms with Crippen molar-refractivity contribution < 1.29 is 24.3 Å². The minimum atomic E-state index is -1.09. The highest BCUT2D eigenvalue weighted by Crippen LogP contribution is 2.23. The number of halogens is 1. The highest BCUT2D eigenvalue weighted by atomic mass is 35.5. The van der Waals surface area contributed by atoms with Crippen LogP contribution in [0, 0.1) is 0 Å². The number of nitrogens with one attached hydrogen (secondary N) is 1. The second-order valence-electron chi connectivity index (χ2n) is 5.36. The molecule has 0 unspecified atom stereocenters. The number of hydrogen-bond acceptors (Lipinski definition) is 4. The molecule has 26 heavy (non-hydrogen) atoms. The van der Waals surface area contributed by atoms with E-state index in [0.29, 0.717) is 10.6 Å². The minimum absolute atomic E-state index is 0.0736. The summed E-state index contributed by atoms with van der Waals surface area (Å²) in [7, 11) is 0. The number of carboxylic acid groups (broad SMARTS) is 1. The first-order valence-electron chi connectivity index (χ1n) is 7.37. The lowest BCUT2D eigenvalue weighted by molar-refractivity contribution is -0.122. The van der Waals surface area contributed by atoms with Crippen LogP contribution < -0.4 is 10.2 Å². The van der Waals surface area contributed by atoms with Gasteiger partial charge in [-0.1, -0.05) is 23.7 Å². The van der Waals surface area contributed by atoms with E-state index < -0.39 is 23.8 Å². The molecule has 1 heterocycles. The van der Waals surface area contributed by atoms with Gasteiger partial charge in [0.1, 0.15) is 5.57 Å². The first kappa shape index (κ1) is 17.4. The molecule has 2 aromatic rings. The molecule has 7 nitrogen and oxygen atoms in total. The van der Waals surface area contributed by atoms with Gasteiger partial charge in [-0.05, 0) is 48.0 Å². The van der Waals surface area contributed by atoms with Crippen LogP contribution in [0.3, 0.4) is 0 Å². The van der Waals surface area contributed by atoms with Crippen LogP contribution in [0.1, 0.15) is 15.9 Å². The van der Waals surface area contributed by atoms with E-state index in [-0.39, 0.29) is 16.8 Å². The van der Waals surface area contributed by atoms with Gasteiger partial charge < -0.3 is 5.11 Å². The Kier molecular flexibility index (Phi) is 4.55. The van der Waals surface area contributed by atoms with Gasteiger partial charge in [0.05, 0.1) is 11.3 Å². The van der Waals surface area contributed by atoms with E-state index in [1.54, 1.807) is 0 Å². The van der Waals surface area contributed by atoms with Crippen LogP contribution in [0.4, 0.5) is 10.5 Å². The van der Waals surface area contributed by atoms with Crippen LogP contribution in [0.5, 0.6) is 0 Å². The van der Waals surface area contributed by atoms with E-state index in [9.17, 15) is 19.2 Å². The number of rotatable bonds is 3. The second-order valence-corrected chi connectivity index (χ2v) is 5.80. The zero-order valence-electron chi connectivity index (χ0n) is 13.1. The number of carbonyl (C=O) groups excluding carboxylic acids is 3. The zero-order valence-corrected chi connectivity index (χ0v) is 13.9. The Morgan fingerprint density at radius 1 is 1.00 bits per heavy atom. The molecule has 8 heteroatoms. The summed E-state index contributed by atoms with van der Waals surface area (Å²) < 4.78 is 0. The number of benzene rings is 2. The topological polar surface area (TPSA) is 104 Å². The Labute approximate surface area is 152 Å². The lowest BCUT2D eigenvalue weighted by Crippen LogP contribution is -2.54. The molecular weight excluding hydrogens is 360 g/mol. The summed E-state index contributed by atoms with van der Waals surface area (Å²) in [5.41, 5.74) is 0.530. The fraction of sp³-hybridized carbons (Fsp3) is 0. The summed E-state index contributed by atoms with van der Waals surface area (Å²) in [5.74, 6) is -2.70. The van der Waals surface area contributed by atoms with E-state index >= 15 is 0 Å². The van der Waals surface area contributed by atoms with Gasteiger partial charge in [-0.2, -0.15) is 0 Å². The molecule has 1 saturated heterocycles. The number of amides is 4.